The molecule has 154 valence electrons. The highest BCUT2D eigenvalue weighted by Gasteiger charge is 2.18. The summed E-state index contributed by atoms with van der Waals surface area (Å²) in [6, 6.07) is 7.07. The number of hydrogen-bond acceptors (Lipinski definition) is 4. The fraction of sp³-hybridized carbons (Fsp3) is 0.571. The van der Waals surface area contributed by atoms with Crippen molar-refractivity contribution in [2.75, 3.05) is 31.5 Å². The fourth-order valence-corrected chi connectivity index (χ4v) is 3.72. The number of thiocarbonyl (C=S) groups is 1. The molecule has 0 heterocycles. The number of rotatable bonds is 9. The van der Waals surface area contributed by atoms with Crippen LogP contribution in [0.1, 0.15) is 56.3 Å². The smallest absolute Gasteiger partial charge is 0.251 e. The zero-order valence-corrected chi connectivity index (χ0v) is 17.7. The minimum atomic E-state index is -0.0915. The number of amides is 2. The van der Waals surface area contributed by atoms with Gasteiger partial charge in [-0.05, 0) is 68.3 Å². The van der Waals surface area contributed by atoms with Crippen LogP contribution in [0.5, 0.6) is 0 Å². The molecule has 1 fully saturated rings. The molecular weight excluding hydrogens is 372 g/mol. The van der Waals surface area contributed by atoms with Crippen molar-refractivity contribution in [2.45, 2.75) is 46.0 Å². The molecule has 6 nitrogen and oxygen atoms in total. The zero-order chi connectivity index (χ0) is 20.4. The molecular formula is C21H32N4O2S. The van der Waals surface area contributed by atoms with Crippen molar-refractivity contribution in [1.29, 1.82) is 0 Å². The third-order valence-corrected chi connectivity index (χ3v) is 5.42. The molecule has 0 spiro atoms. The second kappa shape index (κ2) is 11.8. The number of benzene rings is 1. The van der Waals surface area contributed by atoms with Gasteiger partial charge in [-0.25, -0.2) is 0 Å². The third kappa shape index (κ3) is 7.56. The Hall–Kier alpha value is -1.99. The van der Waals surface area contributed by atoms with Gasteiger partial charge in [0.25, 0.3) is 5.91 Å². The highest BCUT2D eigenvalue weighted by atomic mass is 32.1. The highest BCUT2D eigenvalue weighted by molar-refractivity contribution is 7.80. The van der Waals surface area contributed by atoms with Crippen LogP contribution in [0.4, 0.5) is 5.69 Å². The Morgan fingerprint density at radius 3 is 2.36 bits per heavy atom. The Bertz CT molecular complexity index is 653. The van der Waals surface area contributed by atoms with Gasteiger partial charge in [-0.3, -0.25) is 9.59 Å². The van der Waals surface area contributed by atoms with Crippen molar-refractivity contribution in [1.82, 2.24) is 15.5 Å². The number of nitrogens with one attached hydrogen (secondary N) is 3. The van der Waals surface area contributed by atoms with E-state index >= 15 is 0 Å². The number of carbonyl (C=O) groups excluding carboxylic acids is 2. The lowest BCUT2D eigenvalue weighted by Crippen LogP contribution is -2.35. The molecule has 0 atom stereocenters. The van der Waals surface area contributed by atoms with Gasteiger partial charge in [-0.1, -0.05) is 26.7 Å². The Labute approximate surface area is 173 Å². The van der Waals surface area contributed by atoms with Crippen LogP contribution in [0.15, 0.2) is 24.3 Å². The van der Waals surface area contributed by atoms with E-state index < -0.39 is 0 Å². The lowest BCUT2D eigenvalue weighted by atomic mass is 10.0. The summed E-state index contributed by atoms with van der Waals surface area (Å²) in [7, 11) is 0. The van der Waals surface area contributed by atoms with Crippen molar-refractivity contribution in [3.63, 3.8) is 0 Å². The predicted octanol–water partition coefficient (Wildman–Crippen LogP) is 3.15. The van der Waals surface area contributed by atoms with Gasteiger partial charge in [-0.15, -0.1) is 0 Å². The van der Waals surface area contributed by atoms with Crippen molar-refractivity contribution in [3.8, 4) is 0 Å². The van der Waals surface area contributed by atoms with Gasteiger partial charge >= 0.3 is 0 Å². The summed E-state index contributed by atoms with van der Waals surface area (Å²) in [5, 5.41) is 8.96. The molecule has 28 heavy (non-hydrogen) atoms. The van der Waals surface area contributed by atoms with E-state index in [0.29, 0.717) is 29.6 Å². The lowest BCUT2D eigenvalue weighted by molar-refractivity contribution is -0.120. The van der Waals surface area contributed by atoms with Crippen LogP contribution in [-0.2, 0) is 4.79 Å². The molecule has 7 heteroatoms. The summed E-state index contributed by atoms with van der Waals surface area (Å²) in [5.41, 5.74) is 1.34. The molecule has 0 aromatic heterocycles. The maximum Gasteiger partial charge on any atom is 0.251 e. The summed E-state index contributed by atoms with van der Waals surface area (Å²) in [6.45, 7) is 7.63. The fourth-order valence-electron chi connectivity index (χ4n) is 3.49. The Kier molecular flexibility index (Phi) is 9.37. The van der Waals surface area contributed by atoms with E-state index in [1.54, 1.807) is 24.3 Å². The topological polar surface area (TPSA) is 73.5 Å². The number of hydrogen-bond donors (Lipinski definition) is 3. The summed E-state index contributed by atoms with van der Waals surface area (Å²) in [5.74, 6) is 0.363. The molecule has 0 bridgehead atoms. The maximum absolute atomic E-state index is 12.2. The van der Waals surface area contributed by atoms with Gasteiger partial charge in [0.05, 0.1) is 0 Å². The summed E-state index contributed by atoms with van der Waals surface area (Å²) in [4.78, 5) is 26.5. The lowest BCUT2D eigenvalue weighted by Gasteiger charge is -2.18. The molecule has 1 aromatic rings. The van der Waals surface area contributed by atoms with Crippen molar-refractivity contribution >= 4 is 34.8 Å². The van der Waals surface area contributed by atoms with Crippen LogP contribution in [0.2, 0.25) is 0 Å². The molecule has 0 radical (unpaired) electrons. The standard InChI is InChI=1S/C21H32N4O2S/c1-3-25(4-2)14-13-22-20(27)17-9-11-18(12-10-17)23-21(28)24-19(26)15-16-7-5-6-8-16/h9-12,16H,3-8,13-15H2,1-2H3,(H,22,27)(H2,23,24,26,28). The molecule has 1 aromatic carbocycles. The van der Waals surface area contributed by atoms with E-state index in [1.807, 2.05) is 0 Å². The summed E-state index contributed by atoms with van der Waals surface area (Å²) in [6.07, 6.45) is 5.23. The Morgan fingerprint density at radius 1 is 1.11 bits per heavy atom. The van der Waals surface area contributed by atoms with E-state index in [0.717, 1.165) is 38.2 Å². The van der Waals surface area contributed by atoms with Crippen LogP contribution < -0.4 is 16.0 Å². The average Bonchev–Trinajstić information content (AvgIpc) is 3.18. The Balaban J connectivity index is 1.74. The molecule has 1 aliphatic carbocycles. The Morgan fingerprint density at radius 2 is 1.75 bits per heavy atom. The van der Waals surface area contributed by atoms with Gasteiger partial charge in [0, 0.05) is 30.8 Å². The first kappa shape index (κ1) is 22.3. The minimum absolute atomic E-state index is 0.0337. The molecule has 0 unspecified atom stereocenters. The second-order valence-electron chi connectivity index (χ2n) is 7.22. The van der Waals surface area contributed by atoms with Crippen molar-refractivity contribution < 1.29 is 9.59 Å². The van der Waals surface area contributed by atoms with Crippen LogP contribution in [-0.4, -0.2) is 48.0 Å². The average molecular weight is 405 g/mol. The molecule has 1 aliphatic rings. The van der Waals surface area contributed by atoms with Gasteiger partial charge < -0.3 is 20.9 Å². The van der Waals surface area contributed by atoms with Crippen molar-refractivity contribution in [3.05, 3.63) is 29.8 Å². The highest BCUT2D eigenvalue weighted by Crippen LogP contribution is 2.27. The van der Waals surface area contributed by atoms with Gasteiger partial charge in [-0.2, -0.15) is 0 Å². The van der Waals surface area contributed by atoms with E-state index in [2.05, 4.69) is 34.7 Å². The zero-order valence-electron chi connectivity index (χ0n) is 16.9. The molecule has 1 saturated carbocycles. The molecule has 0 aliphatic heterocycles. The minimum Gasteiger partial charge on any atom is -0.351 e. The maximum atomic E-state index is 12.2. The molecule has 0 saturated heterocycles. The number of anilines is 1. The van der Waals surface area contributed by atoms with Gasteiger partial charge in [0.2, 0.25) is 5.91 Å². The first-order chi connectivity index (χ1) is 13.5. The van der Waals surface area contributed by atoms with E-state index in [9.17, 15) is 9.59 Å². The summed E-state index contributed by atoms with van der Waals surface area (Å²) < 4.78 is 0. The SMILES string of the molecule is CCN(CC)CCNC(=O)c1ccc(NC(=S)NC(=O)CC2CCCC2)cc1. The molecule has 2 rings (SSSR count). The first-order valence-electron chi connectivity index (χ1n) is 10.2. The van der Waals surface area contributed by atoms with Gasteiger partial charge in [0.15, 0.2) is 5.11 Å². The van der Waals surface area contributed by atoms with E-state index in [-0.39, 0.29) is 11.8 Å². The van der Waals surface area contributed by atoms with E-state index in [4.69, 9.17) is 12.2 Å². The quantitative estimate of drug-likeness (QED) is 0.552. The predicted molar refractivity (Wildman–Crippen MR) is 118 cm³/mol. The summed E-state index contributed by atoms with van der Waals surface area (Å²) >= 11 is 5.22. The van der Waals surface area contributed by atoms with Crippen LogP contribution in [0.3, 0.4) is 0 Å². The van der Waals surface area contributed by atoms with Gasteiger partial charge in [0.1, 0.15) is 0 Å². The third-order valence-electron chi connectivity index (χ3n) is 5.21. The first-order valence-corrected chi connectivity index (χ1v) is 10.6. The van der Waals surface area contributed by atoms with Crippen LogP contribution >= 0.6 is 12.2 Å². The number of nitrogens with zero attached hydrogens (tertiary/aromatic N) is 1. The second-order valence-corrected chi connectivity index (χ2v) is 7.63. The van der Waals surface area contributed by atoms with E-state index in [1.165, 1.54) is 12.8 Å². The van der Waals surface area contributed by atoms with Crippen LogP contribution in [0.25, 0.3) is 0 Å². The number of carbonyl (C=O) groups is 2. The largest absolute Gasteiger partial charge is 0.351 e. The van der Waals surface area contributed by atoms with Crippen LogP contribution in [0, 0.1) is 5.92 Å². The number of likely N-dealkylation sites (N-methyl/N-ethyl adjacent to an activating group) is 1. The molecule has 2 amide bonds. The molecule has 3 N–H and O–H groups in total. The van der Waals surface area contributed by atoms with Crippen molar-refractivity contribution in [2.24, 2.45) is 5.92 Å². The monoisotopic (exact) mass is 404 g/mol. The normalized spacial score (nSPS) is 14.1.